The summed E-state index contributed by atoms with van der Waals surface area (Å²) in [6.45, 7) is 7.36. The Morgan fingerprint density at radius 1 is 1.16 bits per heavy atom. The molecule has 0 fully saturated rings. The average molecular weight is 541 g/mol. The maximum atomic E-state index is 12.1. The Hall–Kier alpha value is -2.49. The van der Waals surface area contributed by atoms with Gasteiger partial charge in [0, 0.05) is 6.42 Å². The van der Waals surface area contributed by atoms with Gasteiger partial charge in [0.15, 0.2) is 11.5 Å². The van der Waals surface area contributed by atoms with E-state index < -0.39 is 23.7 Å². The molecular weight excluding hydrogens is 513 g/mol. The third-order valence-corrected chi connectivity index (χ3v) is 5.46. The summed E-state index contributed by atoms with van der Waals surface area (Å²) in [5.41, 5.74) is 1.81. The van der Waals surface area contributed by atoms with Crippen molar-refractivity contribution in [3.63, 3.8) is 0 Å². The molecule has 0 aromatic heterocycles. The highest BCUT2D eigenvalue weighted by Crippen LogP contribution is 2.39. The van der Waals surface area contributed by atoms with Crippen molar-refractivity contribution in [2.75, 3.05) is 7.11 Å². The Balaban J connectivity index is 2.29. The minimum atomic E-state index is -1.15. The van der Waals surface area contributed by atoms with Gasteiger partial charge in [-0.05, 0) is 67.0 Å². The molecule has 0 aliphatic carbocycles. The van der Waals surface area contributed by atoms with Gasteiger partial charge in [0.2, 0.25) is 0 Å². The van der Waals surface area contributed by atoms with Crippen molar-refractivity contribution >= 4 is 34.7 Å². The molecule has 2 N–H and O–H groups in total. The van der Waals surface area contributed by atoms with Crippen LogP contribution >= 0.6 is 22.6 Å². The van der Waals surface area contributed by atoms with Gasteiger partial charge in [-0.1, -0.05) is 36.4 Å². The van der Waals surface area contributed by atoms with Gasteiger partial charge in [-0.15, -0.1) is 0 Å². The lowest BCUT2D eigenvalue weighted by atomic mass is 10.0. The molecule has 2 aromatic rings. The summed E-state index contributed by atoms with van der Waals surface area (Å²) in [7, 11) is 1.57. The van der Waals surface area contributed by atoms with Crippen molar-refractivity contribution < 1.29 is 28.9 Å². The van der Waals surface area contributed by atoms with Gasteiger partial charge in [0.25, 0.3) is 0 Å². The largest absolute Gasteiger partial charge is 0.493 e. The molecule has 0 saturated carbocycles. The van der Waals surface area contributed by atoms with Gasteiger partial charge in [-0.2, -0.15) is 0 Å². The summed E-state index contributed by atoms with van der Waals surface area (Å²) in [4.78, 5) is 23.9. The smallest absolute Gasteiger partial charge is 0.408 e. The van der Waals surface area contributed by atoms with Crippen molar-refractivity contribution in [3.8, 4) is 11.5 Å². The highest BCUT2D eigenvalue weighted by molar-refractivity contribution is 14.1. The van der Waals surface area contributed by atoms with E-state index in [-0.39, 0.29) is 6.42 Å². The molecule has 0 aliphatic heterocycles. The molecule has 0 saturated heterocycles. The van der Waals surface area contributed by atoms with Crippen LogP contribution in [0.1, 0.15) is 37.5 Å². The Morgan fingerprint density at radius 2 is 1.81 bits per heavy atom. The number of carbonyl (C=O) groups excluding carboxylic acids is 1. The topological polar surface area (TPSA) is 94.1 Å². The molecule has 0 heterocycles. The van der Waals surface area contributed by atoms with Crippen LogP contribution in [0, 0.1) is 10.5 Å². The van der Waals surface area contributed by atoms with E-state index in [2.05, 4.69) is 27.9 Å². The summed E-state index contributed by atoms with van der Waals surface area (Å²) in [6, 6.07) is 10.4. The molecule has 0 aliphatic rings. The molecule has 2 rings (SSSR count). The van der Waals surface area contributed by atoms with Gasteiger partial charge in [-0.25, -0.2) is 9.59 Å². The zero-order valence-corrected chi connectivity index (χ0v) is 20.5. The second-order valence-corrected chi connectivity index (χ2v) is 9.12. The third-order valence-electron chi connectivity index (χ3n) is 4.28. The SMILES string of the molecule is COc1c(C)cc(CC(NC(=O)OC(C)(C)C)C(=O)O)c(I)c1OCc1ccccc1. The number of methoxy groups -OCH3 is 1. The first-order chi connectivity index (χ1) is 14.5. The van der Waals surface area contributed by atoms with E-state index >= 15 is 0 Å². The number of benzene rings is 2. The van der Waals surface area contributed by atoms with Crippen LogP contribution in [-0.4, -0.2) is 35.9 Å². The maximum absolute atomic E-state index is 12.1. The van der Waals surface area contributed by atoms with E-state index in [1.807, 2.05) is 43.3 Å². The van der Waals surface area contributed by atoms with Crippen molar-refractivity contribution in [1.29, 1.82) is 0 Å². The van der Waals surface area contributed by atoms with Gasteiger partial charge in [0.1, 0.15) is 18.2 Å². The van der Waals surface area contributed by atoms with Crippen LogP contribution in [0.4, 0.5) is 4.79 Å². The first-order valence-electron chi connectivity index (χ1n) is 9.76. The Morgan fingerprint density at radius 3 is 2.35 bits per heavy atom. The molecule has 1 unspecified atom stereocenters. The number of hydrogen-bond donors (Lipinski definition) is 2. The summed E-state index contributed by atoms with van der Waals surface area (Å²) < 4.78 is 17.5. The lowest BCUT2D eigenvalue weighted by Gasteiger charge is -2.23. The molecule has 0 radical (unpaired) electrons. The highest BCUT2D eigenvalue weighted by atomic mass is 127. The lowest BCUT2D eigenvalue weighted by Crippen LogP contribution is -2.44. The molecule has 1 amide bonds. The monoisotopic (exact) mass is 541 g/mol. The fraction of sp³-hybridized carbons (Fsp3) is 0.391. The number of alkyl carbamates (subject to hydrolysis) is 1. The summed E-state index contributed by atoms with van der Waals surface area (Å²) in [5.74, 6) is -0.0127. The quantitative estimate of drug-likeness (QED) is 0.471. The number of halogens is 1. The fourth-order valence-corrected chi connectivity index (χ4v) is 3.72. The van der Waals surface area contributed by atoms with Crippen LogP contribution in [0.2, 0.25) is 0 Å². The Kier molecular flexibility index (Phi) is 8.55. The summed E-state index contributed by atoms with van der Waals surface area (Å²) in [5, 5.41) is 12.1. The van der Waals surface area contributed by atoms with Gasteiger partial charge in [0.05, 0.1) is 10.7 Å². The van der Waals surface area contributed by atoms with Gasteiger partial charge >= 0.3 is 12.1 Å². The first kappa shape index (κ1) is 24.8. The van der Waals surface area contributed by atoms with E-state index in [1.165, 1.54) is 0 Å². The van der Waals surface area contributed by atoms with Crippen molar-refractivity contribution in [2.45, 2.75) is 52.4 Å². The predicted molar refractivity (Wildman–Crippen MR) is 126 cm³/mol. The van der Waals surface area contributed by atoms with Crippen LogP contribution in [0.3, 0.4) is 0 Å². The van der Waals surface area contributed by atoms with E-state index in [4.69, 9.17) is 14.2 Å². The molecule has 7 nitrogen and oxygen atoms in total. The predicted octanol–water partition coefficient (Wildman–Crippen LogP) is 4.71. The van der Waals surface area contributed by atoms with Crippen molar-refractivity contribution in [2.24, 2.45) is 0 Å². The van der Waals surface area contributed by atoms with Crippen LogP contribution in [0.15, 0.2) is 36.4 Å². The standard InChI is InChI=1S/C23H28INO6/c1-14-11-16(12-17(21(26)27)25-22(28)31-23(2,3)4)18(24)20(19(14)29-5)30-13-15-9-7-6-8-10-15/h6-11,17H,12-13H2,1-5H3,(H,25,28)(H,26,27). The number of carboxylic acid groups (broad SMARTS) is 1. The second-order valence-electron chi connectivity index (χ2n) is 8.04. The number of aryl methyl sites for hydroxylation is 1. The minimum absolute atomic E-state index is 0.0688. The zero-order valence-electron chi connectivity index (χ0n) is 18.3. The minimum Gasteiger partial charge on any atom is -0.493 e. The lowest BCUT2D eigenvalue weighted by molar-refractivity contribution is -0.139. The molecule has 168 valence electrons. The Bertz CT molecular complexity index is 924. The van der Waals surface area contributed by atoms with E-state index in [0.29, 0.717) is 18.1 Å². The fourth-order valence-electron chi connectivity index (χ4n) is 2.95. The number of amides is 1. The zero-order chi connectivity index (χ0) is 23.2. The molecule has 8 heteroatoms. The number of nitrogens with one attached hydrogen (secondary N) is 1. The number of hydrogen-bond acceptors (Lipinski definition) is 5. The molecule has 1 atom stereocenters. The number of carbonyl (C=O) groups is 2. The normalized spacial score (nSPS) is 12.1. The number of ether oxygens (including phenoxy) is 3. The molecule has 31 heavy (non-hydrogen) atoms. The van der Waals surface area contributed by atoms with Crippen LogP contribution < -0.4 is 14.8 Å². The van der Waals surface area contributed by atoms with Crippen LogP contribution in [0.5, 0.6) is 11.5 Å². The second kappa shape index (κ2) is 10.7. The van der Waals surface area contributed by atoms with E-state index in [0.717, 1.165) is 20.3 Å². The number of carboxylic acids is 1. The van der Waals surface area contributed by atoms with Crippen LogP contribution in [0.25, 0.3) is 0 Å². The van der Waals surface area contributed by atoms with Crippen molar-refractivity contribution in [3.05, 3.63) is 56.7 Å². The molecule has 2 aromatic carbocycles. The summed E-state index contributed by atoms with van der Waals surface area (Å²) in [6.07, 6.45) is -0.708. The average Bonchev–Trinajstić information content (AvgIpc) is 2.67. The Labute approximate surface area is 196 Å². The maximum Gasteiger partial charge on any atom is 0.408 e. The van der Waals surface area contributed by atoms with Gasteiger partial charge < -0.3 is 24.6 Å². The number of aliphatic carboxylic acids is 1. The number of rotatable bonds is 8. The molecular formula is C23H28INO6. The van der Waals surface area contributed by atoms with E-state index in [1.54, 1.807) is 27.9 Å². The van der Waals surface area contributed by atoms with Gasteiger partial charge in [-0.3, -0.25) is 0 Å². The van der Waals surface area contributed by atoms with Crippen molar-refractivity contribution in [1.82, 2.24) is 5.32 Å². The molecule has 0 bridgehead atoms. The molecule has 0 spiro atoms. The summed E-state index contributed by atoms with van der Waals surface area (Å²) >= 11 is 2.12. The van der Waals surface area contributed by atoms with Crippen LogP contribution in [-0.2, 0) is 22.6 Å². The highest BCUT2D eigenvalue weighted by Gasteiger charge is 2.27. The van der Waals surface area contributed by atoms with E-state index in [9.17, 15) is 14.7 Å². The third kappa shape index (κ3) is 7.30. The first-order valence-corrected chi connectivity index (χ1v) is 10.8.